The van der Waals surface area contributed by atoms with E-state index in [1.54, 1.807) is 12.1 Å². The Morgan fingerprint density at radius 1 is 0.889 bits per heavy atom. The summed E-state index contributed by atoms with van der Waals surface area (Å²) >= 11 is 0. The Morgan fingerprint density at radius 2 is 1.67 bits per heavy atom. The molecule has 5 rings (SSSR count). The average molecular weight is 377 g/mol. The van der Waals surface area contributed by atoms with Gasteiger partial charge in [-0.1, -0.05) is 36.4 Å². The van der Waals surface area contributed by atoms with Crippen molar-refractivity contribution in [3.05, 3.63) is 60.7 Å². The van der Waals surface area contributed by atoms with Crippen LogP contribution in [0.15, 0.2) is 70.6 Å². The number of nitrogens with one attached hydrogen (secondary N) is 1. The van der Waals surface area contributed by atoms with Gasteiger partial charge < -0.3 is 4.90 Å². The summed E-state index contributed by atoms with van der Waals surface area (Å²) in [5.41, 5.74) is 1.72. The first-order valence-corrected chi connectivity index (χ1v) is 10.6. The van der Waals surface area contributed by atoms with Gasteiger partial charge in [0.05, 0.1) is 10.4 Å². The number of sulfone groups is 1. The molecule has 1 saturated heterocycles. The lowest BCUT2D eigenvalue weighted by molar-refractivity contribution is 0.593. The van der Waals surface area contributed by atoms with Gasteiger partial charge in [-0.15, -0.1) is 0 Å². The molecule has 6 heteroatoms. The van der Waals surface area contributed by atoms with Crippen LogP contribution in [0.4, 0.5) is 5.69 Å². The lowest BCUT2D eigenvalue weighted by atomic mass is 10.1. The summed E-state index contributed by atoms with van der Waals surface area (Å²) in [7, 11) is -3.73. The predicted octanol–water partition coefficient (Wildman–Crippen LogP) is 4.15. The van der Waals surface area contributed by atoms with Gasteiger partial charge in [-0.25, -0.2) is 8.42 Å². The lowest BCUT2D eigenvalue weighted by Gasteiger charge is -2.17. The minimum Gasteiger partial charge on any atom is -0.372 e. The van der Waals surface area contributed by atoms with Crippen molar-refractivity contribution in [1.82, 2.24) is 10.2 Å². The molecule has 0 bridgehead atoms. The molecule has 1 N–H and O–H groups in total. The molecule has 5 nitrogen and oxygen atoms in total. The van der Waals surface area contributed by atoms with E-state index < -0.39 is 9.84 Å². The molecule has 1 aliphatic rings. The zero-order valence-electron chi connectivity index (χ0n) is 14.7. The number of aromatic amines is 1. The van der Waals surface area contributed by atoms with E-state index in [0.29, 0.717) is 15.8 Å². The van der Waals surface area contributed by atoms with Crippen LogP contribution in [0.5, 0.6) is 0 Å². The Hall–Kier alpha value is -2.86. The smallest absolute Gasteiger partial charge is 0.224 e. The highest BCUT2D eigenvalue weighted by Crippen LogP contribution is 2.33. The molecule has 0 saturated carbocycles. The Labute approximate surface area is 157 Å². The zero-order valence-corrected chi connectivity index (χ0v) is 15.5. The molecule has 0 radical (unpaired) electrons. The maximum absolute atomic E-state index is 13.5. The second-order valence-electron chi connectivity index (χ2n) is 6.93. The van der Waals surface area contributed by atoms with Crippen LogP contribution in [0.2, 0.25) is 0 Å². The van der Waals surface area contributed by atoms with E-state index in [-0.39, 0.29) is 5.03 Å². The maximum atomic E-state index is 13.5. The van der Waals surface area contributed by atoms with Gasteiger partial charge in [-0.2, -0.15) is 5.10 Å². The van der Waals surface area contributed by atoms with Crippen molar-refractivity contribution in [3.8, 4) is 0 Å². The van der Waals surface area contributed by atoms with Gasteiger partial charge in [-0.05, 0) is 42.5 Å². The summed E-state index contributed by atoms with van der Waals surface area (Å²) in [6.07, 6.45) is 2.34. The summed E-state index contributed by atoms with van der Waals surface area (Å²) < 4.78 is 26.9. The largest absolute Gasteiger partial charge is 0.372 e. The molecule has 2 heterocycles. The summed E-state index contributed by atoms with van der Waals surface area (Å²) in [4.78, 5) is 2.60. The quantitative estimate of drug-likeness (QED) is 0.582. The molecule has 0 unspecified atom stereocenters. The lowest BCUT2D eigenvalue weighted by Crippen LogP contribution is -2.17. The molecule has 0 spiro atoms. The van der Waals surface area contributed by atoms with E-state index in [1.165, 1.54) is 12.8 Å². The first-order chi connectivity index (χ1) is 13.1. The van der Waals surface area contributed by atoms with Crippen molar-refractivity contribution in [2.75, 3.05) is 18.0 Å². The molecule has 3 aromatic carbocycles. The molecule has 1 aliphatic heterocycles. The Balaban J connectivity index is 1.70. The third-order valence-corrected chi connectivity index (χ3v) is 7.07. The number of H-pyrrole nitrogens is 1. The molecular formula is C21H19N3O2S. The highest BCUT2D eigenvalue weighted by molar-refractivity contribution is 7.91. The number of fused-ring (bicyclic) bond motifs is 2. The topological polar surface area (TPSA) is 66.1 Å². The van der Waals surface area contributed by atoms with E-state index >= 15 is 0 Å². The van der Waals surface area contributed by atoms with E-state index in [0.717, 1.165) is 29.5 Å². The third-order valence-electron chi connectivity index (χ3n) is 5.28. The first kappa shape index (κ1) is 16.3. The molecule has 1 fully saturated rings. The van der Waals surface area contributed by atoms with Crippen molar-refractivity contribution in [2.45, 2.75) is 22.8 Å². The minimum absolute atomic E-state index is 0.162. The van der Waals surface area contributed by atoms with Crippen LogP contribution in [0, 0.1) is 0 Å². The number of anilines is 1. The van der Waals surface area contributed by atoms with Crippen LogP contribution in [-0.2, 0) is 9.84 Å². The van der Waals surface area contributed by atoms with Gasteiger partial charge in [0.15, 0.2) is 5.03 Å². The number of hydrogen-bond donors (Lipinski definition) is 1. The predicted molar refractivity (Wildman–Crippen MR) is 107 cm³/mol. The van der Waals surface area contributed by atoms with Gasteiger partial charge in [0.1, 0.15) is 0 Å². The van der Waals surface area contributed by atoms with Crippen LogP contribution in [0.3, 0.4) is 0 Å². The molecule has 1 aromatic heterocycles. The SMILES string of the molecule is O=S(=O)(c1cccc2ccccc12)c1[nH]nc2ccc(N3CCCC3)cc12. The number of benzene rings is 3. The van der Waals surface area contributed by atoms with Gasteiger partial charge in [-0.3, -0.25) is 5.10 Å². The van der Waals surface area contributed by atoms with Crippen LogP contribution < -0.4 is 4.90 Å². The van der Waals surface area contributed by atoms with Crippen molar-refractivity contribution in [3.63, 3.8) is 0 Å². The number of nitrogens with zero attached hydrogens (tertiary/aromatic N) is 2. The summed E-state index contributed by atoms with van der Waals surface area (Å²) in [5.74, 6) is 0. The van der Waals surface area contributed by atoms with Crippen LogP contribution in [0.25, 0.3) is 21.7 Å². The van der Waals surface area contributed by atoms with E-state index in [9.17, 15) is 8.42 Å². The van der Waals surface area contributed by atoms with Crippen molar-refractivity contribution in [1.29, 1.82) is 0 Å². The average Bonchev–Trinajstić information content (AvgIpc) is 3.37. The van der Waals surface area contributed by atoms with Gasteiger partial charge in [0, 0.05) is 29.5 Å². The number of rotatable bonds is 3. The Morgan fingerprint density at radius 3 is 2.52 bits per heavy atom. The molecule has 0 atom stereocenters. The Kier molecular flexibility index (Phi) is 3.68. The molecule has 4 aromatic rings. The van der Waals surface area contributed by atoms with Crippen LogP contribution >= 0.6 is 0 Å². The van der Waals surface area contributed by atoms with Crippen molar-refractivity contribution < 1.29 is 8.42 Å². The maximum Gasteiger partial charge on any atom is 0.224 e. The fraction of sp³-hybridized carbons (Fsp3) is 0.190. The van der Waals surface area contributed by atoms with Gasteiger partial charge in [0.2, 0.25) is 9.84 Å². The van der Waals surface area contributed by atoms with Crippen LogP contribution in [0.1, 0.15) is 12.8 Å². The summed E-state index contributed by atoms with van der Waals surface area (Å²) in [5, 5.41) is 9.45. The molecule has 0 amide bonds. The van der Waals surface area contributed by atoms with E-state index in [4.69, 9.17) is 0 Å². The Bertz CT molecular complexity index is 1250. The molecule has 27 heavy (non-hydrogen) atoms. The fourth-order valence-electron chi connectivity index (χ4n) is 3.89. The minimum atomic E-state index is -3.73. The van der Waals surface area contributed by atoms with Crippen LogP contribution in [-0.4, -0.2) is 31.7 Å². The van der Waals surface area contributed by atoms with Gasteiger partial charge in [0.25, 0.3) is 0 Å². The summed E-state index contributed by atoms with van der Waals surface area (Å²) in [6.45, 7) is 2.02. The summed E-state index contributed by atoms with van der Waals surface area (Å²) in [6, 6.07) is 18.8. The standard InChI is InChI=1S/C21H19N3O2S/c25-27(26,20-9-5-7-15-6-1-2-8-17(15)20)21-18-14-16(24-12-3-4-13-24)10-11-19(18)22-23-21/h1-2,5-11,14H,3-4,12-13H2,(H,22,23). The normalized spacial score (nSPS) is 15.0. The molecular weight excluding hydrogens is 358 g/mol. The molecule has 0 aliphatic carbocycles. The van der Waals surface area contributed by atoms with E-state index in [2.05, 4.69) is 15.1 Å². The zero-order chi connectivity index (χ0) is 18.4. The fourth-order valence-corrected chi connectivity index (χ4v) is 5.46. The van der Waals surface area contributed by atoms with Gasteiger partial charge >= 0.3 is 0 Å². The monoisotopic (exact) mass is 377 g/mol. The number of aromatic nitrogens is 2. The highest BCUT2D eigenvalue weighted by Gasteiger charge is 2.25. The second-order valence-corrected chi connectivity index (χ2v) is 8.78. The van der Waals surface area contributed by atoms with Crippen molar-refractivity contribution in [2.24, 2.45) is 0 Å². The number of hydrogen-bond acceptors (Lipinski definition) is 4. The van der Waals surface area contributed by atoms with E-state index in [1.807, 2.05) is 48.5 Å². The second kappa shape index (κ2) is 6.09. The highest BCUT2D eigenvalue weighted by atomic mass is 32.2. The first-order valence-electron chi connectivity index (χ1n) is 9.10. The molecule has 136 valence electrons. The third kappa shape index (κ3) is 2.59. The van der Waals surface area contributed by atoms with Crippen molar-refractivity contribution >= 4 is 37.2 Å².